The standard InChI is InChI=1S/C18H30N4OS2/c1-19-18(21-14-5-6-15(12-14)24-2)20-13-16(17-4-3-11-25-17)22-7-9-23-10-8-22/h3-4,11,14-16H,5-10,12-13H2,1-2H3,(H2,19,20,21). The second-order valence-electron chi connectivity index (χ2n) is 6.64. The Morgan fingerprint density at radius 3 is 2.92 bits per heavy atom. The van der Waals surface area contributed by atoms with Crippen LogP contribution in [0.3, 0.4) is 0 Å². The first-order valence-electron chi connectivity index (χ1n) is 9.15. The average Bonchev–Trinajstić information content (AvgIpc) is 3.33. The van der Waals surface area contributed by atoms with Gasteiger partial charge in [0.1, 0.15) is 0 Å². The van der Waals surface area contributed by atoms with Crippen molar-refractivity contribution in [3.05, 3.63) is 22.4 Å². The van der Waals surface area contributed by atoms with Crippen molar-refractivity contribution < 1.29 is 4.74 Å². The van der Waals surface area contributed by atoms with Crippen molar-refractivity contribution in [2.24, 2.45) is 4.99 Å². The number of nitrogens with one attached hydrogen (secondary N) is 2. The number of hydrogen-bond acceptors (Lipinski definition) is 5. The van der Waals surface area contributed by atoms with E-state index in [1.807, 2.05) is 30.1 Å². The van der Waals surface area contributed by atoms with E-state index in [0.29, 0.717) is 12.1 Å². The summed E-state index contributed by atoms with van der Waals surface area (Å²) >= 11 is 3.82. The van der Waals surface area contributed by atoms with Crippen molar-refractivity contribution in [2.75, 3.05) is 46.2 Å². The van der Waals surface area contributed by atoms with Gasteiger partial charge in [-0.3, -0.25) is 9.89 Å². The van der Waals surface area contributed by atoms with Crippen LogP contribution in [0.2, 0.25) is 0 Å². The number of rotatable bonds is 6. The highest BCUT2D eigenvalue weighted by atomic mass is 32.2. The number of guanidine groups is 1. The molecule has 3 unspecified atom stereocenters. The summed E-state index contributed by atoms with van der Waals surface area (Å²) in [4.78, 5) is 8.38. The first kappa shape index (κ1) is 19.0. The molecule has 1 saturated carbocycles. The summed E-state index contributed by atoms with van der Waals surface area (Å²) in [6.07, 6.45) is 6.00. The van der Waals surface area contributed by atoms with Gasteiger partial charge in [-0.1, -0.05) is 6.07 Å². The van der Waals surface area contributed by atoms with E-state index < -0.39 is 0 Å². The number of thioether (sulfide) groups is 1. The Kier molecular flexibility index (Phi) is 7.46. The van der Waals surface area contributed by atoms with Gasteiger partial charge in [0.05, 0.1) is 19.3 Å². The Labute approximate surface area is 159 Å². The second kappa shape index (κ2) is 9.80. The highest BCUT2D eigenvalue weighted by Gasteiger charge is 2.26. The van der Waals surface area contributed by atoms with Gasteiger partial charge in [-0.05, 0) is 37.0 Å². The molecule has 7 heteroatoms. The molecule has 140 valence electrons. The van der Waals surface area contributed by atoms with Gasteiger partial charge in [0.25, 0.3) is 0 Å². The second-order valence-corrected chi connectivity index (χ2v) is 8.76. The number of aliphatic imine (C=N–C) groups is 1. The summed E-state index contributed by atoms with van der Waals surface area (Å²) < 4.78 is 5.53. The molecule has 1 saturated heterocycles. The summed E-state index contributed by atoms with van der Waals surface area (Å²) in [5.74, 6) is 0.932. The third-order valence-corrected chi connectivity index (χ3v) is 7.17. The van der Waals surface area contributed by atoms with Crippen LogP contribution in [0.25, 0.3) is 0 Å². The Balaban J connectivity index is 1.56. The zero-order valence-electron chi connectivity index (χ0n) is 15.2. The lowest BCUT2D eigenvalue weighted by molar-refractivity contribution is 0.0177. The van der Waals surface area contributed by atoms with Crippen molar-refractivity contribution in [3.63, 3.8) is 0 Å². The molecule has 1 aliphatic heterocycles. The fourth-order valence-electron chi connectivity index (χ4n) is 3.65. The zero-order chi connectivity index (χ0) is 17.5. The Hall–Kier alpha value is -0.760. The van der Waals surface area contributed by atoms with Gasteiger partial charge in [-0.2, -0.15) is 11.8 Å². The van der Waals surface area contributed by atoms with Crippen molar-refractivity contribution in [2.45, 2.75) is 36.6 Å². The van der Waals surface area contributed by atoms with Gasteiger partial charge >= 0.3 is 0 Å². The van der Waals surface area contributed by atoms with Crippen LogP contribution < -0.4 is 10.6 Å². The minimum absolute atomic E-state index is 0.380. The van der Waals surface area contributed by atoms with Crippen LogP contribution in [0, 0.1) is 0 Å². The number of morpholine rings is 1. The Bertz CT molecular complexity index is 531. The molecular formula is C18H30N4OS2. The molecule has 0 spiro atoms. The molecule has 3 rings (SSSR count). The molecule has 0 bridgehead atoms. The molecule has 2 N–H and O–H groups in total. The predicted octanol–water partition coefficient (Wildman–Crippen LogP) is 2.57. The van der Waals surface area contributed by atoms with E-state index in [-0.39, 0.29) is 0 Å². The van der Waals surface area contributed by atoms with Gasteiger partial charge in [0.2, 0.25) is 0 Å². The molecule has 25 heavy (non-hydrogen) atoms. The average molecular weight is 383 g/mol. The third kappa shape index (κ3) is 5.36. The van der Waals surface area contributed by atoms with Gasteiger partial charge < -0.3 is 15.4 Å². The fraction of sp³-hybridized carbons (Fsp3) is 0.722. The zero-order valence-corrected chi connectivity index (χ0v) is 16.9. The lowest BCUT2D eigenvalue weighted by Crippen LogP contribution is -2.47. The fourth-order valence-corrected chi connectivity index (χ4v) is 5.30. The molecule has 5 nitrogen and oxygen atoms in total. The molecule has 1 aliphatic carbocycles. The van der Waals surface area contributed by atoms with Crippen LogP contribution in [0.1, 0.15) is 30.2 Å². The van der Waals surface area contributed by atoms with Crippen molar-refractivity contribution in [1.29, 1.82) is 0 Å². The van der Waals surface area contributed by atoms with Gasteiger partial charge in [-0.25, -0.2) is 0 Å². The molecule has 2 heterocycles. The van der Waals surface area contributed by atoms with Crippen LogP contribution in [0.4, 0.5) is 0 Å². The molecule has 0 amide bonds. The number of thiophene rings is 1. The smallest absolute Gasteiger partial charge is 0.191 e. The van der Waals surface area contributed by atoms with E-state index in [4.69, 9.17) is 4.74 Å². The SMILES string of the molecule is CN=C(NCC(c1cccs1)N1CCOCC1)NC1CCC(SC)C1. The van der Waals surface area contributed by atoms with Crippen LogP contribution >= 0.6 is 23.1 Å². The maximum atomic E-state index is 5.53. The van der Waals surface area contributed by atoms with E-state index >= 15 is 0 Å². The first-order valence-corrected chi connectivity index (χ1v) is 11.3. The van der Waals surface area contributed by atoms with Crippen molar-refractivity contribution >= 4 is 29.1 Å². The van der Waals surface area contributed by atoms with E-state index in [1.54, 1.807) is 0 Å². The van der Waals surface area contributed by atoms with Crippen LogP contribution in [-0.4, -0.2) is 68.3 Å². The largest absolute Gasteiger partial charge is 0.379 e. The molecule has 1 aromatic heterocycles. The quantitative estimate of drug-likeness (QED) is 0.585. The molecule has 2 fully saturated rings. The van der Waals surface area contributed by atoms with Gasteiger partial charge in [0, 0.05) is 42.9 Å². The summed E-state index contributed by atoms with van der Waals surface area (Å²) in [6.45, 7) is 4.52. The molecular weight excluding hydrogens is 352 g/mol. The molecule has 1 aromatic rings. The lowest BCUT2D eigenvalue weighted by atomic mass is 10.2. The summed E-state index contributed by atoms with van der Waals surface area (Å²) in [7, 11) is 1.87. The Morgan fingerprint density at radius 1 is 1.44 bits per heavy atom. The van der Waals surface area contributed by atoms with Gasteiger partial charge in [0.15, 0.2) is 5.96 Å². The molecule has 0 radical (unpaired) electrons. The molecule has 3 atom stereocenters. The summed E-state index contributed by atoms with van der Waals surface area (Å²) in [5.41, 5.74) is 0. The highest BCUT2D eigenvalue weighted by Crippen LogP contribution is 2.28. The van der Waals surface area contributed by atoms with E-state index in [0.717, 1.165) is 44.1 Å². The minimum Gasteiger partial charge on any atom is -0.379 e. The number of ether oxygens (including phenoxy) is 1. The van der Waals surface area contributed by atoms with E-state index in [9.17, 15) is 0 Å². The maximum Gasteiger partial charge on any atom is 0.191 e. The monoisotopic (exact) mass is 382 g/mol. The highest BCUT2D eigenvalue weighted by molar-refractivity contribution is 7.99. The number of hydrogen-bond donors (Lipinski definition) is 2. The first-order chi connectivity index (χ1) is 12.3. The number of nitrogens with zero attached hydrogens (tertiary/aromatic N) is 2. The third-order valence-electron chi connectivity index (χ3n) is 5.10. The van der Waals surface area contributed by atoms with Crippen LogP contribution in [-0.2, 0) is 4.74 Å². The van der Waals surface area contributed by atoms with Crippen molar-refractivity contribution in [1.82, 2.24) is 15.5 Å². The normalized spacial score (nSPS) is 26.6. The topological polar surface area (TPSA) is 48.9 Å². The summed E-state index contributed by atoms with van der Waals surface area (Å²) in [6, 6.07) is 5.31. The predicted molar refractivity (Wildman–Crippen MR) is 109 cm³/mol. The van der Waals surface area contributed by atoms with E-state index in [2.05, 4.69) is 44.3 Å². The van der Waals surface area contributed by atoms with Crippen LogP contribution in [0.15, 0.2) is 22.5 Å². The molecule has 0 aromatic carbocycles. The Morgan fingerprint density at radius 2 is 2.28 bits per heavy atom. The lowest BCUT2D eigenvalue weighted by Gasteiger charge is -2.34. The van der Waals surface area contributed by atoms with E-state index in [1.165, 1.54) is 24.1 Å². The summed E-state index contributed by atoms with van der Waals surface area (Å²) in [5, 5.41) is 10.1. The maximum absolute atomic E-state index is 5.53. The minimum atomic E-state index is 0.380. The van der Waals surface area contributed by atoms with Crippen LogP contribution in [0.5, 0.6) is 0 Å². The van der Waals surface area contributed by atoms with Crippen molar-refractivity contribution in [3.8, 4) is 0 Å². The molecule has 2 aliphatic rings. The van der Waals surface area contributed by atoms with Gasteiger partial charge in [-0.15, -0.1) is 11.3 Å².